The molecule has 2 aromatic carbocycles. The molecule has 1 aliphatic heterocycles. The van der Waals surface area contributed by atoms with Crippen molar-refractivity contribution < 1.29 is 22.7 Å². The molecule has 1 heterocycles. The van der Waals surface area contributed by atoms with Crippen LogP contribution in [0.5, 0.6) is 0 Å². The molecule has 0 radical (unpaired) electrons. The van der Waals surface area contributed by atoms with Gasteiger partial charge in [-0.3, -0.25) is 5.32 Å². The van der Waals surface area contributed by atoms with Crippen molar-refractivity contribution in [1.29, 1.82) is 5.26 Å². The number of likely N-dealkylation sites (tertiary alicyclic amines) is 1. The number of thioether (sulfide) groups is 2. The maximum Gasteiger partial charge on any atom is 0.417 e. The number of carbonyl (C=O) groups excluding carboxylic acids is 1. The van der Waals surface area contributed by atoms with Gasteiger partial charge in [0.05, 0.1) is 16.3 Å². The lowest BCUT2D eigenvalue weighted by molar-refractivity contribution is -0.137. The van der Waals surface area contributed by atoms with Gasteiger partial charge in [0, 0.05) is 28.8 Å². The molecule has 1 N–H and O–H groups in total. The van der Waals surface area contributed by atoms with E-state index in [0.717, 1.165) is 35.6 Å². The van der Waals surface area contributed by atoms with E-state index in [1.54, 1.807) is 53.4 Å². The molecule has 0 aliphatic carbocycles. The number of nitriles is 1. The number of rotatable bonds is 4. The number of ether oxygens (including phenoxy) is 1. The van der Waals surface area contributed by atoms with E-state index in [0.29, 0.717) is 18.7 Å². The fourth-order valence-corrected chi connectivity index (χ4v) is 5.77. The Hall–Kier alpha value is -2.55. The third-order valence-corrected chi connectivity index (χ3v) is 7.58. The largest absolute Gasteiger partial charge is 0.444 e. The summed E-state index contributed by atoms with van der Waals surface area (Å²) >= 11 is 9.02. The zero-order valence-electron chi connectivity index (χ0n) is 21.4. The van der Waals surface area contributed by atoms with Crippen LogP contribution in [0.15, 0.2) is 46.3 Å². The Bertz CT molecular complexity index is 1230. The van der Waals surface area contributed by atoms with Gasteiger partial charge in [-0.1, -0.05) is 35.5 Å². The third kappa shape index (κ3) is 8.22. The SMILES string of the molecule is CSC(=Nc1cc(Cl)c(-c2ccc(SC3CCCN(C(=O)OC(C)(C)C)C3)cc2)c(C(F)(F)F)c1)NC#N. The summed E-state index contributed by atoms with van der Waals surface area (Å²) in [5, 5.41) is 11.3. The predicted octanol–water partition coefficient (Wildman–Crippen LogP) is 7.94. The number of amides is 1. The molecular formula is C26H28ClF3N4O2S2. The standard InChI is InChI=1S/C26H28ClF3N4O2S2/c1-25(2,3)36-24(35)34-11-5-6-19(14-34)38-18-9-7-16(8-10-18)22-20(26(28,29)30)12-17(13-21(22)27)33-23(37-4)32-15-31/h7-10,12-13,19H,5-6,11,14H2,1-4H3,(H,32,33). The van der Waals surface area contributed by atoms with Crippen LogP contribution in [-0.4, -0.2) is 46.4 Å². The van der Waals surface area contributed by atoms with Crippen molar-refractivity contribution in [2.24, 2.45) is 4.99 Å². The number of piperidine rings is 1. The van der Waals surface area contributed by atoms with Crippen LogP contribution in [0.4, 0.5) is 23.7 Å². The topological polar surface area (TPSA) is 77.7 Å². The average molecular weight is 585 g/mol. The maximum absolute atomic E-state index is 14.0. The Balaban J connectivity index is 1.82. The zero-order valence-corrected chi connectivity index (χ0v) is 23.7. The van der Waals surface area contributed by atoms with Gasteiger partial charge in [0.2, 0.25) is 0 Å². The van der Waals surface area contributed by atoms with Crippen molar-refractivity contribution in [3.05, 3.63) is 47.0 Å². The van der Waals surface area contributed by atoms with Crippen molar-refractivity contribution in [2.45, 2.75) is 55.5 Å². The molecule has 0 bridgehead atoms. The van der Waals surface area contributed by atoms with Crippen molar-refractivity contribution in [1.82, 2.24) is 10.2 Å². The summed E-state index contributed by atoms with van der Waals surface area (Å²) in [6.45, 7) is 6.65. The van der Waals surface area contributed by atoms with Crippen LogP contribution in [0.25, 0.3) is 11.1 Å². The van der Waals surface area contributed by atoms with Crippen LogP contribution in [0, 0.1) is 11.5 Å². The highest BCUT2D eigenvalue weighted by atomic mass is 35.5. The van der Waals surface area contributed by atoms with E-state index in [9.17, 15) is 18.0 Å². The van der Waals surface area contributed by atoms with Crippen LogP contribution >= 0.6 is 35.1 Å². The minimum absolute atomic E-state index is 0.0165. The van der Waals surface area contributed by atoms with Crippen molar-refractivity contribution in [2.75, 3.05) is 19.3 Å². The molecule has 1 aliphatic rings. The first-order chi connectivity index (χ1) is 17.8. The van der Waals surface area contributed by atoms with E-state index in [1.807, 2.05) is 20.8 Å². The highest BCUT2D eigenvalue weighted by Gasteiger charge is 2.35. The summed E-state index contributed by atoms with van der Waals surface area (Å²) in [6.07, 6.45) is 0.0911. The van der Waals surface area contributed by atoms with Crippen molar-refractivity contribution in [3.63, 3.8) is 0 Å². The summed E-state index contributed by atoms with van der Waals surface area (Å²) in [5.41, 5.74) is -1.32. The van der Waals surface area contributed by atoms with Crippen LogP contribution in [0.1, 0.15) is 39.2 Å². The molecule has 1 saturated heterocycles. The zero-order chi connectivity index (χ0) is 28.1. The Morgan fingerprint density at radius 1 is 1.24 bits per heavy atom. The van der Waals surface area contributed by atoms with Crippen LogP contribution < -0.4 is 5.32 Å². The lowest BCUT2D eigenvalue weighted by Crippen LogP contribution is -2.43. The summed E-state index contributed by atoms with van der Waals surface area (Å²) in [7, 11) is 0. The molecule has 2 aromatic rings. The second kappa shape index (κ2) is 12.5. The van der Waals surface area contributed by atoms with Gasteiger partial charge in [-0.2, -0.15) is 18.4 Å². The number of hydrogen-bond acceptors (Lipinski definition) is 6. The molecule has 38 heavy (non-hydrogen) atoms. The molecule has 1 atom stereocenters. The van der Waals surface area contributed by atoms with Crippen molar-refractivity contribution >= 4 is 52.1 Å². The Labute approximate surface area is 234 Å². The summed E-state index contributed by atoms with van der Waals surface area (Å²) < 4.78 is 47.6. The molecule has 1 fully saturated rings. The lowest BCUT2D eigenvalue weighted by atomic mass is 9.98. The van der Waals surface area contributed by atoms with Gasteiger partial charge in [0.25, 0.3) is 0 Å². The Morgan fingerprint density at radius 3 is 2.50 bits per heavy atom. The average Bonchev–Trinajstić information content (AvgIpc) is 2.82. The number of benzene rings is 2. The fourth-order valence-electron chi connectivity index (χ4n) is 3.88. The van der Waals surface area contributed by atoms with E-state index in [-0.39, 0.29) is 32.8 Å². The lowest BCUT2D eigenvalue weighted by Gasteiger charge is -2.33. The van der Waals surface area contributed by atoms with Gasteiger partial charge >= 0.3 is 12.3 Å². The predicted molar refractivity (Wildman–Crippen MR) is 148 cm³/mol. The van der Waals surface area contributed by atoms with E-state index in [2.05, 4.69) is 10.3 Å². The number of halogens is 4. The van der Waals surface area contributed by atoms with Gasteiger partial charge < -0.3 is 9.64 Å². The summed E-state index contributed by atoms with van der Waals surface area (Å²) in [4.78, 5) is 19.1. The molecule has 0 spiro atoms. The van der Waals surface area contributed by atoms with Crippen LogP contribution in [0.2, 0.25) is 5.02 Å². The minimum atomic E-state index is -4.67. The molecule has 0 aromatic heterocycles. The number of aliphatic imine (C=N–C) groups is 1. The molecule has 1 amide bonds. The van der Waals surface area contributed by atoms with E-state index < -0.39 is 17.3 Å². The number of carbonyl (C=O) groups is 1. The first-order valence-corrected chi connectivity index (χ1v) is 14.2. The Morgan fingerprint density at radius 2 is 1.92 bits per heavy atom. The quantitative estimate of drug-likeness (QED) is 0.170. The second-order valence-electron chi connectivity index (χ2n) is 9.54. The fraction of sp³-hybridized carbons (Fsp3) is 0.423. The van der Waals surface area contributed by atoms with Gasteiger partial charge in [-0.15, -0.1) is 11.8 Å². The minimum Gasteiger partial charge on any atom is -0.444 e. The number of nitrogens with one attached hydrogen (secondary N) is 1. The monoisotopic (exact) mass is 584 g/mol. The molecule has 6 nitrogen and oxygen atoms in total. The molecular weight excluding hydrogens is 557 g/mol. The van der Waals surface area contributed by atoms with Gasteiger partial charge in [0.1, 0.15) is 5.60 Å². The van der Waals surface area contributed by atoms with E-state index in [1.165, 1.54) is 6.07 Å². The number of hydrogen-bond donors (Lipinski definition) is 1. The van der Waals surface area contributed by atoms with Crippen LogP contribution in [0.3, 0.4) is 0 Å². The maximum atomic E-state index is 14.0. The molecule has 204 valence electrons. The summed E-state index contributed by atoms with van der Waals surface area (Å²) in [5.74, 6) is 0. The highest BCUT2D eigenvalue weighted by molar-refractivity contribution is 8.13. The normalized spacial score (nSPS) is 16.7. The van der Waals surface area contributed by atoms with E-state index >= 15 is 0 Å². The number of alkyl halides is 3. The second-order valence-corrected chi connectivity index (χ2v) is 12.1. The number of nitrogens with zero attached hydrogens (tertiary/aromatic N) is 3. The van der Waals surface area contributed by atoms with Crippen LogP contribution in [-0.2, 0) is 10.9 Å². The highest BCUT2D eigenvalue weighted by Crippen LogP contribution is 2.44. The van der Waals surface area contributed by atoms with Crippen molar-refractivity contribution in [3.8, 4) is 17.3 Å². The van der Waals surface area contributed by atoms with Gasteiger partial charge in [-0.05, 0) is 69.7 Å². The molecule has 0 saturated carbocycles. The first kappa shape index (κ1) is 30.0. The van der Waals surface area contributed by atoms with E-state index in [4.69, 9.17) is 21.6 Å². The Kier molecular flexibility index (Phi) is 9.90. The molecule has 3 rings (SSSR count). The van der Waals surface area contributed by atoms with Gasteiger partial charge in [-0.25, -0.2) is 9.79 Å². The van der Waals surface area contributed by atoms with Gasteiger partial charge in [0.15, 0.2) is 11.4 Å². The third-order valence-electron chi connectivity index (χ3n) is 5.44. The first-order valence-electron chi connectivity index (χ1n) is 11.7. The molecule has 1 unspecified atom stereocenters. The summed E-state index contributed by atoms with van der Waals surface area (Å²) in [6, 6.07) is 9.01. The number of amidine groups is 1. The molecule has 12 heteroatoms. The smallest absolute Gasteiger partial charge is 0.417 e.